The molecule has 1 N–H and O–H groups in total. The molecule has 94 valence electrons. The van der Waals surface area contributed by atoms with E-state index in [1.54, 1.807) is 7.11 Å². The molecule has 0 aromatic carbocycles. The molecule has 0 spiro atoms. The topological polar surface area (TPSA) is 34.1 Å². The summed E-state index contributed by atoms with van der Waals surface area (Å²) in [7, 11) is 1.80. The van der Waals surface area contributed by atoms with Crippen LogP contribution in [0.2, 0.25) is 0 Å². The Morgan fingerprint density at radius 3 is 3.00 bits per heavy atom. The van der Waals surface area contributed by atoms with Gasteiger partial charge in [0.15, 0.2) is 0 Å². The van der Waals surface area contributed by atoms with Gasteiger partial charge in [0.1, 0.15) is 4.60 Å². The molecular weight excluding hydrogens is 280 g/mol. The van der Waals surface area contributed by atoms with Crippen LogP contribution in [0.25, 0.3) is 0 Å². The van der Waals surface area contributed by atoms with Crippen LogP contribution in [0.5, 0.6) is 0 Å². The summed E-state index contributed by atoms with van der Waals surface area (Å²) in [5.41, 5.74) is 2.27. The Hall–Kier alpha value is -0.610. The molecule has 1 heterocycles. The highest BCUT2D eigenvalue weighted by Gasteiger charge is 2.21. The predicted molar refractivity (Wildman–Crippen MR) is 73.3 cm³/mol. The minimum atomic E-state index is 0.408. The fourth-order valence-electron chi connectivity index (χ4n) is 2.36. The monoisotopic (exact) mass is 298 g/mol. The van der Waals surface area contributed by atoms with Crippen molar-refractivity contribution in [1.82, 2.24) is 4.98 Å². The van der Waals surface area contributed by atoms with Crippen LogP contribution < -0.4 is 5.32 Å². The summed E-state index contributed by atoms with van der Waals surface area (Å²) in [6.45, 7) is 2.06. The quantitative estimate of drug-likeness (QED) is 0.867. The van der Waals surface area contributed by atoms with Crippen molar-refractivity contribution in [3.8, 4) is 0 Å². The zero-order chi connectivity index (χ0) is 12.3. The summed E-state index contributed by atoms with van der Waals surface area (Å²) < 4.78 is 6.36. The number of nitrogens with one attached hydrogen (secondary N) is 1. The summed E-state index contributed by atoms with van der Waals surface area (Å²) in [4.78, 5) is 4.31. The van der Waals surface area contributed by atoms with Crippen LogP contribution in [-0.2, 0) is 4.74 Å². The van der Waals surface area contributed by atoms with Crippen LogP contribution in [0.15, 0.2) is 16.9 Å². The molecule has 0 bridgehead atoms. The summed E-state index contributed by atoms with van der Waals surface area (Å²) in [5, 5.41) is 3.55. The Balaban J connectivity index is 1.97. The van der Waals surface area contributed by atoms with E-state index >= 15 is 0 Å². The smallest absolute Gasteiger partial charge is 0.109 e. The number of pyridine rings is 1. The first-order valence-electron chi connectivity index (χ1n) is 6.10. The Labute approximate surface area is 111 Å². The van der Waals surface area contributed by atoms with E-state index in [-0.39, 0.29) is 0 Å². The van der Waals surface area contributed by atoms with Crippen LogP contribution in [0.1, 0.15) is 31.2 Å². The van der Waals surface area contributed by atoms with E-state index in [1.807, 2.05) is 6.20 Å². The standard InChI is InChI=1S/C13H19BrN2O/c1-9-6-11(8-15-13(9)14)16-10-4-3-5-12(7-10)17-2/h6,8,10,12,16H,3-5,7H2,1-2H3. The van der Waals surface area contributed by atoms with Gasteiger partial charge in [-0.3, -0.25) is 0 Å². The van der Waals surface area contributed by atoms with Crippen LogP contribution in [0, 0.1) is 6.92 Å². The molecule has 1 fully saturated rings. The molecule has 1 saturated carbocycles. The zero-order valence-corrected chi connectivity index (χ0v) is 12.0. The van der Waals surface area contributed by atoms with Crippen molar-refractivity contribution in [2.24, 2.45) is 0 Å². The summed E-state index contributed by atoms with van der Waals surface area (Å²) >= 11 is 3.42. The maximum atomic E-state index is 5.44. The van der Waals surface area contributed by atoms with Gasteiger partial charge in [-0.25, -0.2) is 4.98 Å². The number of nitrogens with zero attached hydrogens (tertiary/aromatic N) is 1. The lowest BCUT2D eigenvalue weighted by atomic mass is 9.92. The van der Waals surface area contributed by atoms with Gasteiger partial charge < -0.3 is 10.1 Å². The van der Waals surface area contributed by atoms with E-state index in [2.05, 4.69) is 39.2 Å². The average Bonchev–Trinajstić information content (AvgIpc) is 2.34. The SMILES string of the molecule is COC1CCCC(Nc2cnc(Br)c(C)c2)C1. The molecule has 0 aliphatic heterocycles. The van der Waals surface area contributed by atoms with E-state index in [4.69, 9.17) is 4.74 Å². The number of aromatic nitrogens is 1. The number of hydrogen-bond donors (Lipinski definition) is 1. The number of halogens is 1. The van der Waals surface area contributed by atoms with E-state index in [9.17, 15) is 0 Å². The largest absolute Gasteiger partial charge is 0.381 e. The number of ether oxygens (including phenoxy) is 1. The van der Waals surface area contributed by atoms with Crippen molar-refractivity contribution in [2.45, 2.75) is 44.8 Å². The van der Waals surface area contributed by atoms with E-state index in [1.165, 1.54) is 19.3 Å². The van der Waals surface area contributed by atoms with Crippen LogP contribution in [0.4, 0.5) is 5.69 Å². The highest BCUT2D eigenvalue weighted by Crippen LogP contribution is 2.24. The van der Waals surface area contributed by atoms with E-state index in [0.717, 1.165) is 22.3 Å². The van der Waals surface area contributed by atoms with Gasteiger partial charge in [-0.05, 0) is 60.2 Å². The third kappa shape index (κ3) is 3.42. The number of aryl methyl sites for hydroxylation is 1. The Bertz CT molecular complexity index is 384. The molecular formula is C13H19BrN2O. The lowest BCUT2D eigenvalue weighted by molar-refractivity contribution is 0.0669. The van der Waals surface area contributed by atoms with Crippen LogP contribution in [0.3, 0.4) is 0 Å². The Kier molecular flexibility index (Phi) is 4.40. The van der Waals surface area contributed by atoms with Gasteiger partial charge in [0.2, 0.25) is 0 Å². The normalized spacial score (nSPS) is 24.6. The highest BCUT2D eigenvalue weighted by molar-refractivity contribution is 9.10. The van der Waals surface area contributed by atoms with Gasteiger partial charge in [0.25, 0.3) is 0 Å². The summed E-state index contributed by atoms with van der Waals surface area (Å²) in [6, 6.07) is 2.64. The molecule has 0 saturated heterocycles. The first-order chi connectivity index (χ1) is 8.19. The molecule has 2 unspecified atom stereocenters. The van der Waals surface area contributed by atoms with Crippen molar-refractivity contribution in [2.75, 3.05) is 12.4 Å². The number of rotatable bonds is 3. The predicted octanol–water partition coefficient (Wildman–Crippen LogP) is 3.52. The molecule has 17 heavy (non-hydrogen) atoms. The molecule has 2 rings (SSSR count). The van der Waals surface area contributed by atoms with Crippen molar-refractivity contribution in [1.29, 1.82) is 0 Å². The molecule has 0 amide bonds. The lowest BCUT2D eigenvalue weighted by Gasteiger charge is -2.29. The van der Waals surface area contributed by atoms with Gasteiger partial charge in [-0.2, -0.15) is 0 Å². The van der Waals surface area contributed by atoms with E-state index < -0.39 is 0 Å². The summed E-state index contributed by atoms with van der Waals surface area (Å²) in [6.07, 6.45) is 7.02. The zero-order valence-electron chi connectivity index (χ0n) is 10.4. The lowest BCUT2D eigenvalue weighted by Crippen LogP contribution is -2.31. The first kappa shape index (κ1) is 12.8. The van der Waals surface area contributed by atoms with E-state index in [0.29, 0.717) is 12.1 Å². The molecule has 1 aliphatic carbocycles. The van der Waals surface area contributed by atoms with Gasteiger partial charge >= 0.3 is 0 Å². The minimum Gasteiger partial charge on any atom is -0.381 e. The average molecular weight is 299 g/mol. The van der Waals surface area contributed by atoms with Crippen molar-refractivity contribution < 1.29 is 4.74 Å². The Morgan fingerprint density at radius 1 is 1.47 bits per heavy atom. The molecule has 1 aromatic rings. The van der Waals surface area contributed by atoms with Crippen molar-refractivity contribution in [3.63, 3.8) is 0 Å². The molecule has 2 atom stereocenters. The molecule has 4 heteroatoms. The van der Waals surface area contributed by atoms with Crippen LogP contribution in [-0.4, -0.2) is 24.2 Å². The van der Waals surface area contributed by atoms with Crippen LogP contribution >= 0.6 is 15.9 Å². The van der Waals surface area contributed by atoms with Crippen molar-refractivity contribution in [3.05, 3.63) is 22.4 Å². The minimum absolute atomic E-state index is 0.408. The third-order valence-electron chi connectivity index (χ3n) is 3.34. The second-order valence-electron chi connectivity index (χ2n) is 4.70. The second-order valence-corrected chi connectivity index (χ2v) is 5.45. The van der Waals surface area contributed by atoms with Gasteiger partial charge in [-0.1, -0.05) is 0 Å². The maximum absolute atomic E-state index is 5.44. The van der Waals surface area contributed by atoms with Crippen molar-refractivity contribution >= 4 is 21.6 Å². The molecule has 0 radical (unpaired) electrons. The summed E-state index contributed by atoms with van der Waals surface area (Å²) in [5.74, 6) is 0. The number of hydrogen-bond acceptors (Lipinski definition) is 3. The second kappa shape index (κ2) is 5.83. The molecule has 1 aliphatic rings. The number of methoxy groups -OCH3 is 1. The first-order valence-corrected chi connectivity index (χ1v) is 6.90. The fraction of sp³-hybridized carbons (Fsp3) is 0.615. The highest BCUT2D eigenvalue weighted by atomic mass is 79.9. The molecule has 1 aromatic heterocycles. The Morgan fingerprint density at radius 2 is 2.29 bits per heavy atom. The third-order valence-corrected chi connectivity index (χ3v) is 4.17. The van der Waals surface area contributed by atoms with Gasteiger partial charge in [-0.15, -0.1) is 0 Å². The van der Waals surface area contributed by atoms with Gasteiger partial charge in [0.05, 0.1) is 18.0 Å². The molecule has 3 nitrogen and oxygen atoms in total. The maximum Gasteiger partial charge on any atom is 0.109 e. The fourth-order valence-corrected chi connectivity index (χ4v) is 2.58. The van der Waals surface area contributed by atoms with Gasteiger partial charge in [0, 0.05) is 13.2 Å². The number of anilines is 1.